The predicted octanol–water partition coefficient (Wildman–Crippen LogP) is 1.94. The van der Waals surface area contributed by atoms with Crippen molar-refractivity contribution in [1.29, 1.82) is 0 Å². The van der Waals surface area contributed by atoms with E-state index in [1.165, 1.54) is 6.20 Å². The number of morpholine rings is 1. The molecule has 6 nitrogen and oxygen atoms in total. The number of rotatable bonds is 3. The lowest BCUT2D eigenvalue weighted by Crippen LogP contribution is -2.58. The first-order valence-corrected chi connectivity index (χ1v) is 7.28. The van der Waals surface area contributed by atoms with E-state index in [0.717, 1.165) is 6.54 Å². The van der Waals surface area contributed by atoms with Gasteiger partial charge in [-0.05, 0) is 34.6 Å². The summed E-state index contributed by atoms with van der Waals surface area (Å²) in [7, 11) is 0. The van der Waals surface area contributed by atoms with Gasteiger partial charge in [-0.25, -0.2) is 4.98 Å². The van der Waals surface area contributed by atoms with Gasteiger partial charge in [0.05, 0.1) is 23.6 Å². The van der Waals surface area contributed by atoms with Gasteiger partial charge in [-0.1, -0.05) is 0 Å². The largest absolute Gasteiger partial charge is 0.369 e. The van der Waals surface area contributed by atoms with Gasteiger partial charge in [-0.15, -0.1) is 0 Å². The van der Waals surface area contributed by atoms with Crippen LogP contribution in [-0.4, -0.2) is 51.6 Å². The smallest absolute Gasteiger partial charge is 0.274 e. The van der Waals surface area contributed by atoms with Gasteiger partial charge in [0.2, 0.25) is 0 Å². The average molecular weight is 292 g/mol. The van der Waals surface area contributed by atoms with Crippen LogP contribution >= 0.6 is 0 Å². The van der Waals surface area contributed by atoms with E-state index in [1.54, 1.807) is 11.1 Å². The van der Waals surface area contributed by atoms with E-state index in [1.807, 2.05) is 34.6 Å². The number of hydrogen-bond donors (Lipinski definition) is 1. The van der Waals surface area contributed by atoms with Crippen LogP contribution in [0.3, 0.4) is 0 Å². The van der Waals surface area contributed by atoms with E-state index in [0.29, 0.717) is 24.6 Å². The highest BCUT2D eigenvalue weighted by molar-refractivity contribution is 5.92. The molecule has 21 heavy (non-hydrogen) atoms. The quantitative estimate of drug-likeness (QED) is 0.922. The summed E-state index contributed by atoms with van der Waals surface area (Å²) in [6.07, 6.45) is 3.13. The molecule has 0 aromatic carbocycles. The number of ether oxygens (including phenoxy) is 1. The van der Waals surface area contributed by atoms with E-state index in [-0.39, 0.29) is 17.1 Å². The SMILES string of the molecule is CCNc1cncc(C(=O)N2CC(C)(C)OC(C)(C)C2)n1. The van der Waals surface area contributed by atoms with Gasteiger partial charge in [-0.2, -0.15) is 0 Å². The minimum atomic E-state index is -0.371. The second-order valence-electron chi connectivity index (χ2n) is 6.60. The molecule has 1 aromatic heterocycles. The molecular formula is C15H24N4O2. The molecule has 0 aliphatic carbocycles. The summed E-state index contributed by atoms with van der Waals surface area (Å²) in [6, 6.07) is 0. The maximum atomic E-state index is 12.7. The molecule has 0 radical (unpaired) electrons. The minimum Gasteiger partial charge on any atom is -0.369 e. The molecule has 116 valence electrons. The summed E-state index contributed by atoms with van der Waals surface area (Å²) in [4.78, 5) is 22.9. The number of carbonyl (C=O) groups excluding carboxylic acids is 1. The highest BCUT2D eigenvalue weighted by Crippen LogP contribution is 2.28. The number of aromatic nitrogens is 2. The molecule has 1 aromatic rings. The average Bonchev–Trinajstić information content (AvgIpc) is 2.35. The van der Waals surface area contributed by atoms with Crippen LogP contribution in [0, 0.1) is 0 Å². The van der Waals surface area contributed by atoms with Gasteiger partial charge in [-0.3, -0.25) is 9.78 Å². The lowest BCUT2D eigenvalue weighted by atomic mass is 9.98. The predicted molar refractivity (Wildman–Crippen MR) is 81.3 cm³/mol. The molecule has 1 N–H and O–H groups in total. The molecule has 1 fully saturated rings. The Kier molecular flexibility index (Phi) is 4.18. The Bertz CT molecular complexity index is 512. The number of anilines is 1. The van der Waals surface area contributed by atoms with Gasteiger partial charge < -0.3 is 15.0 Å². The van der Waals surface area contributed by atoms with Crippen LogP contribution in [0.2, 0.25) is 0 Å². The van der Waals surface area contributed by atoms with Crippen molar-refractivity contribution in [2.45, 2.75) is 45.8 Å². The summed E-state index contributed by atoms with van der Waals surface area (Å²) in [5.41, 5.74) is -0.379. The van der Waals surface area contributed by atoms with E-state index in [9.17, 15) is 4.79 Å². The van der Waals surface area contributed by atoms with Crippen molar-refractivity contribution in [3.63, 3.8) is 0 Å². The fourth-order valence-electron chi connectivity index (χ4n) is 2.83. The highest BCUT2D eigenvalue weighted by atomic mass is 16.5. The summed E-state index contributed by atoms with van der Waals surface area (Å²) in [5, 5.41) is 3.07. The van der Waals surface area contributed by atoms with Gasteiger partial charge in [0.15, 0.2) is 0 Å². The standard InChI is InChI=1S/C15H24N4O2/c1-6-17-12-8-16-7-11(18-12)13(20)19-9-14(2,3)21-15(4,5)10-19/h7-8H,6,9-10H2,1-5H3,(H,17,18). The molecule has 0 unspecified atom stereocenters. The van der Waals surface area contributed by atoms with E-state index >= 15 is 0 Å². The van der Waals surface area contributed by atoms with Gasteiger partial charge in [0.1, 0.15) is 11.5 Å². The number of amides is 1. The molecule has 0 saturated carbocycles. The molecule has 0 atom stereocenters. The van der Waals surface area contributed by atoms with Crippen LogP contribution in [0.25, 0.3) is 0 Å². The molecule has 1 aliphatic rings. The van der Waals surface area contributed by atoms with Crippen molar-refractivity contribution in [3.05, 3.63) is 18.1 Å². The third-order valence-electron chi connectivity index (χ3n) is 3.19. The molecule has 0 bridgehead atoms. The number of hydrogen-bond acceptors (Lipinski definition) is 5. The van der Waals surface area contributed by atoms with Crippen molar-refractivity contribution in [2.24, 2.45) is 0 Å². The minimum absolute atomic E-state index is 0.105. The third-order valence-corrected chi connectivity index (χ3v) is 3.19. The van der Waals surface area contributed by atoms with E-state index in [4.69, 9.17) is 4.74 Å². The second kappa shape index (κ2) is 5.60. The number of carbonyl (C=O) groups is 1. The number of nitrogens with one attached hydrogen (secondary N) is 1. The van der Waals surface area contributed by atoms with Crippen LogP contribution in [-0.2, 0) is 4.74 Å². The first kappa shape index (κ1) is 15.7. The summed E-state index contributed by atoms with van der Waals surface area (Å²) >= 11 is 0. The zero-order valence-corrected chi connectivity index (χ0v) is 13.4. The van der Waals surface area contributed by atoms with Crippen LogP contribution < -0.4 is 5.32 Å². The Hall–Kier alpha value is -1.69. The van der Waals surface area contributed by atoms with E-state index in [2.05, 4.69) is 15.3 Å². The Morgan fingerprint density at radius 3 is 2.48 bits per heavy atom. The highest BCUT2D eigenvalue weighted by Gasteiger charge is 2.40. The maximum Gasteiger partial charge on any atom is 0.274 e. The first-order valence-electron chi connectivity index (χ1n) is 7.28. The van der Waals surface area contributed by atoms with Crippen molar-refractivity contribution in [1.82, 2.24) is 14.9 Å². The molecule has 6 heteroatoms. The molecule has 1 amide bonds. The second-order valence-corrected chi connectivity index (χ2v) is 6.60. The topological polar surface area (TPSA) is 67.4 Å². The molecule has 1 aliphatic heterocycles. The fourth-order valence-corrected chi connectivity index (χ4v) is 2.83. The van der Waals surface area contributed by atoms with Crippen molar-refractivity contribution >= 4 is 11.7 Å². The van der Waals surface area contributed by atoms with E-state index < -0.39 is 0 Å². The molecule has 0 spiro atoms. The number of nitrogens with zero attached hydrogens (tertiary/aromatic N) is 3. The third kappa shape index (κ3) is 3.91. The monoisotopic (exact) mass is 292 g/mol. The van der Waals surface area contributed by atoms with Crippen LogP contribution in [0.1, 0.15) is 45.1 Å². The normalized spacial score (nSPS) is 20.1. The molecule has 2 rings (SSSR count). The Morgan fingerprint density at radius 1 is 1.29 bits per heavy atom. The van der Waals surface area contributed by atoms with Crippen molar-refractivity contribution < 1.29 is 9.53 Å². The summed E-state index contributed by atoms with van der Waals surface area (Å²) in [6.45, 7) is 11.8. The molecule has 2 heterocycles. The van der Waals surface area contributed by atoms with Crippen LogP contribution in [0.4, 0.5) is 5.82 Å². The zero-order chi connectivity index (χ0) is 15.7. The Labute approximate surface area is 125 Å². The Balaban J connectivity index is 2.21. The van der Waals surface area contributed by atoms with Crippen LogP contribution in [0.5, 0.6) is 0 Å². The van der Waals surface area contributed by atoms with Crippen LogP contribution in [0.15, 0.2) is 12.4 Å². The summed E-state index contributed by atoms with van der Waals surface area (Å²) < 4.78 is 6.00. The molecular weight excluding hydrogens is 268 g/mol. The van der Waals surface area contributed by atoms with Crippen molar-refractivity contribution in [2.75, 3.05) is 25.0 Å². The fraction of sp³-hybridized carbons (Fsp3) is 0.667. The van der Waals surface area contributed by atoms with Crippen molar-refractivity contribution in [3.8, 4) is 0 Å². The first-order chi connectivity index (χ1) is 9.72. The Morgan fingerprint density at radius 2 is 1.90 bits per heavy atom. The zero-order valence-electron chi connectivity index (χ0n) is 13.4. The van der Waals surface area contributed by atoms with Gasteiger partial charge in [0.25, 0.3) is 5.91 Å². The van der Waals surface area contributed by atoms with Gasteiger partial charge in [0, 0.05) is 19.6 Å². The molecule has 1 saturated heterocycles. The lowest BCUT2D eigenvalue weighted by Gasteiger charge is -2.47. The maximum absolute atomic E-state index is 12.7. The lowest BCUT2D eigenvalue weighted by molar-refractivity contribution is -0.171. The summed E-state index contributed by atoms with van der Waals surface area (Å²) in [5.74, 6) is 0.516. The van der Waals surface area contributed by atoms with Gasteiger partial charge >= 0.3 is 0 Å².